The zero-order chi connectivity index (χ0) is 16.8. The predicted molar refractivity (Wildman–Crippen MR) is 100 cm³/mol. The molecule has 0 unspecified atom stereocenters. The third-order valence-electron chi connectivity index (χ3n) is 3.90. The van der Waals surface area contributed by atoms with Gasteiger partial charge in [-0.05, 0) is 29.7 Å². The Morgan fingerprint density at radius 1 is 0.792 bits per heavy atom. The molecule has 3 aromatic carbocycles. The standard InChI is InChI=1S/C22H19NO/c1-17-7-5-6-10-21(17)23-16-15-22(24)20-13-11-19(12-14-20)18-8-3-2-4-9-18/h2-16,23H,1H3. The van der Waals surface area contributed by atoms with E-state index in [1.165, 1.54) is 0 Å². The summed E-state index contributed by atoms with van der Waals surface area (Å²) < 4.78 is 0. The summed E-state index contributed by atoms with van der Waals surface area (Å²) in [5.41, 5.74) is 5.07. The molecule has 24 heavy (non-hydrogen) atoms. The number of carbonyl (C=O) groups is 1. The third-order valence-corrected chi connectivity index (χ3v) is 3.90. The van der Waals surface area contributed by atoms with Gasteiger partial charge in [-0.1, -0.05) is 72.8 Å². The highest BCUT2D eigenvalue weighted by molar-refractivity contribution is 6.04. The molecule has 0 saturated carbocycles. The number of hydrogen-bond acceptors (Lipinski definition) is 2. The summed E-state index contributed by atoms with van der Waals surface area (Å²) >= 11 is 0. The van der Waals surface area contributed by atoms with E-state index in [9.17, 15) is 4.79 Å². The molecule has 0 aromatic heterocycles. The Labute approximate surface area is 142 Å². The van der Waals surface area contributed by atoms with Gasteiger partial charge in [0.25, 0.3) is 0 Å². The van der Waals surface area contributed by atoms with Crippen LogP contribution >= 0.6 is 0 Å². The molecule has 0 amide bonds. The van der Waals surface area contributed by atoms with E-state index in [0.717, 1.165) is 22.4 Å². The minimum atomic E-state index is -0.0179. The van der Waals surface area contributed by atoms with Crippen LogP contribution in [0.1, 0.15) is 15.9 Å². The lowest BCUT2D eigenvalue weighted by molar-refractivity contribution is 0.104. The third kappa shape index (κ3) is 3.79. The summed E-state index contributed by atoms with van der Waals surface area (Å²) in [6, 6.07) is 25.8. The molecule has 2 nitrogen and oxygen atoms in total. The van der Waals surface area contributed by atoms with Gasteiger partial charge in [0.15, 0.2) is 5.78 Å². The van der Waals surface area contributed by atoms with Crippen LogP contribution in [-0.4, -0.2) is 5.78 Å². The van der Waals surface area contributed by atoms with Crippen molar-refractivity contribution >= 4 is 11.5 Å². The molecule has 0 heterocycles. The number of nitrogens with one attached hydrogen (secondary N) is 1. The van der Waals surface area contributed by atoms with Gasteiger partial charge in [0.05, 0.1) is 0 Å². The highest BCUT2D eigenvalue weighted by atomic mass is 16.1. The van der Waals surface area contributed by atoms with Gasteiger partial charge in [-0.15, -0.1) is 0 Å². The number of carbonyl (C=O) groups excluding carboxylic acids is 1. The topological polar surface area (TPSA) is 29.1 Å². The van der Waals surface area contributed by atoms with Crippen molar-refractivity contribution in [3.05, 3.63) is 102 Å². The highest BCUT2D eigenvalue weighted by Crippen LogP contribution is 2.19. The average molecular weight is 313 g/mol. The van der Waals surface area contributed by atoms with Crippen LogP contribution < -0.4 is 5.32 Å². The average Bonchev–Trinajstić information content (AvgIpc) is 2.64. The monoisotopic (exact) mass is 313 g/mol. The van der Waals surface area contributed by atoms with Crippen molar-refractivity contribution in [3.8, 4) is 11.1 Å². The van der Waals surface area contributed by atoms with E-state index in [1.807, 2.05) is 73.7 Å². The molecule has 1 N–H and O–H groups in total. The van der Waals surface area contributed by atoms with Gasteiger partial charge in [-0.3, -0.25) is 4.79 Å². The SMILES string of the molecule is Cc1ccccc1NC=CC(=O)c1ccc(-c2ccccc2)cc1. The summed E-state index contributed by atoms with van der Waals surface area (Å²) in [5, 5.41) is 3.15. The Bertz CT molecular complexity index is 849. The second-order valence-corrected chi connectivity index (χ2v) is 5.60. The van der Waals surface area contributed by atoms with Crippen molar-refractivity contribution in [1.29, 1.82) is 0 Å². The summed E-state index contributed by atoms with van der Waals surface area (Å²) in [4.78, 5) is 12.2. The normalized spacial score (nSPS) is 10.7. The zero-order valence-corrected chi connectivity index (χ0v) is 13.6. The molecule has 0 spiro atoms. The molecule has 0 aliphatic rings. The number of ketones is 1. The Balaban J connectivity index is 1.67. The van der Waals surface area contributed by atoms with Gasteiger partial charge in [-0.2, -0.15) is 0 Å². The number of rotatable bonds is 5. The van der Waals surface area contributed by atoms with E-state index in [-0.39, 0.29) is 5.78 Å². The van der Waals surface area contributed by atoms with E-state index in [1.54, 1.807) is 12.3 Å². The highest BCUT2D eigenvalue weighted by Gasteiger charge is 2.03. The van der Waals surface area contributed by atoms with Crippen LogP contribution in [0.15, 0.2) is 91.1 Å². The van der Waals surface area contributed by atoms with Crippen molar-refractivity contribution in [2.75, 3.05) is 5.32 Å². The molecule has 0 saturated heterocycles. The molecule has 3 rings (SSSR count). The smallest absolute Gasteiger partial charge is 0.187 e. The number of allylic oxidation sites excluding steroid dienone is 1. The Kier molecular flexibility index (Phi) is 4.87. The fourth-order valence-corrected chi connectivity index (χ4v) is 2.50. The lowest BCUT2D eigenvalue weighted by Gasteiger charge is -2.04. The summed E-state index contributed by atoms with van der Waals surface area (Å²) in [6.45, 7) is 2.03. The molecule has 0 bridgehead atoms. The van der Waals surface area contributed by atoms with Gasteiger partial charge < -0.3 is 5.32 Å². The van der Waals surface area contributed by atoms with Crippen LogP contribution in [0, 0.1) is 6.92 Å². The Morgan fingerprint density at radius 2 is 1.42 bits per heavy atom. The van der Waals surface area contributed by atoms with E-state index in [0.29, 0.717) is 5.56 Å². The predicted octanol–water partition coefficient (Wildman–Crippen LogP) is 5.47. The van der Waals surface area contributed by atoms with Crippen LogP contribution in [0.2, 0.25) is 0 Å². The molecule has 0 aliphatic carbocycles. The minimum Gasteiger partial charge on any atom is -0.361 e. The number of benzene rings is 3. The molecular formula is C22H19NO. The van der Waals surface area contributed by atoms with Gasteiger partial charge in [-0.25, -0.2) is 0 Å². The molecule has 118 valence electrons. The fourth-order valence-electron chi connectivity index (χ4n) is 2.50. The van der Waals surface area contributed by atoms with Crippen LogP contribution in [0.3, 0.4) is 0 Å². The van der Waals surface area contributed by atoms with Crippen LogP contribution in [-0.2, 0) is 0 Å². The summed E-state index contributed by atoms with van der Waals surface area (Å²) in [6.07, 6.45) is 3.25. The first-order valence-electron chi connectivity index (χ1n) is 7.92. The van der Waals surface area contributed by atoms with Crippen molar-refractivity contribution < 1.29 is 4.79 Å². The van der Waals surface area contributed by atoms with Crippen molar-refractivity contribution in [2.45, 2.75) is 6.92 Å². The van der Waals surface area contributed by atoms with E-state index < -0.39 is 0 Å². The van der Waals surface area contributed by atoms with Crippen LogP contribution in [0.4, 0.5) is 5.69 Å². The van der Waals surface area contributed by atoms with E-state index in [4.69, 9.17) is 0 Å². The second kappa shape index (κ2) is 7.42. The summed E-state index contributed by atoms with van der Waals surface area (Å²) in [5.74, 6) is -0.0179. The van der Waals surface area contributed by atoms with Crippen LogP contribution in [0.25, 0.3) is 11.1 Å². The Morgan fingerprint density at radius 3 is 2.12 bits per heavy atom. The van der Waals surface area contributed by atoms with E-state index in [2.05, 4.69) is 17.4 Å². The van der Waals surface area contributed by atoms with Crippen molar-refractivity contribution in [1.82, 2.24) is 0 Å². The van der Waals surface area contributed by atoms with Crippen molar-refractivity contribution in [2.24, 2.45) is 0 Å². The maximum absolute atomic E-state index is 12.2. The molecule has 2 heteroatoms. The van der Waals surface area contributed by atoms with Gasteiger partial charge in [0.1, 0.15) is 0 Å². The quantitative estimate of drug-likeness (QED) is 0.500. The second-order valence-electron chi connectivity index (χ2n) is 5.60. The zero-order valence-electron chi connectivity index (χ0n) is 13.6. The van der Waals surface area contributed by atoms with Gasteiger partial charge in [0.2, 0.25) is 0 Å². The largest absolute Gasteiger partial charge is 0.361 e. The maximum Gasteiger partial charge on any atom is 0.187 e. The number of hydrogen-bond donors (Lipinski definition) is 1. The van der Waals surface area contributed by atoms with Crippen molar-refractivity contribution in [3.63, 3.8) is 0 Å². The molecule has 0 atom stereocenters. The fraction of sp³-hybridized carbons (Fsp3) is 0.0455. The number of anilines is 1. The van der Waals surface area contributed by atoms with Gasteiger partial charge in [0, 0.05) is 23.5 Å². The number of aryl methyl sites for hydroxylation is 1. The molecule has 3 aromatic rings. The van der Waals surface area contributed by atoms with Gasteiger partial charge >= 0.3 is 0 Å². The molecular weight excluding hydrogens is 294 g/mol. The molecule has 0 aliphatic heterocycles. The molecule has 0 radical (unpaired) electrons. The van der Waals surface area contributed by atoms with Crippen LogP contribution in [0.5, 0.6) is 0 Å². The first-order valence-corrected chi connectivity index (χ1v) is 7.92. The van der Waals surface area contributed by atoms with E-state index >= 15 is 0 Å². The first kappa shape index (κ1) is 15.8. The Hall–Kier alpha value is -3.13. The maximum atomic E-state index is 12.2. The lowest BCUT2D eigenvalue weighted by Crippen LogP contribution is -1.97. The summed E-state index contributed by atoms with van der Waals surface area (Å²) in [7, 11) is 0. The molecule has 0 fully saturated rings. The lowest BCUT2D eigenvalue weighted by atomic mass is 10.0. The first-order chi connectivity index (χ1) is 11.7. The minimum absolute atomic E-state index is 0.0179. The number of para-hydroxylation sites is 1.